The quantitative estimate of drug-likeness (QED) is 0.693. The minimum Gasteiger partial charge on any atom is -0.285 e. The maximum atomic E-state index is 14.1. The van der Waals surface area contributed by atoms with Crippen LogP contribution in [0.5, 0.6) is 0 Å². The van der Waals surface area contributed by atoms with Crippen LogP contribution in [0.4, 0.5) is 8.78 Å². The highest BCUT2D eigenvalue weighted by molar-refractivity contribution is 7.03. The molecule has 0 spiro atoms. The van der Waals surface area contributed by atoms with Gasteiger partial charge in [0.2, 0.25) is 11.6 Å². The van der Waals surface area contributed by atoms with Crippen molar-refractivity contribution in [1.82, 2.24) is 9.36 Å². The summed E-state index contributed by atoms with van der Waals surface area (Å²) in [5.41, 5.74) is 1.74. The summed E-state index contributed by atoms with van der Waals surface area (Å²) in [6.45, 7) is 0. The number of hydrogen-bond acceptors (Lipinski definition) is 4. The SMILES string of the molecule is O=C(c1ncsn1)c1c(F)cc(-c2ccccc2)cc1F. The van der Waals surface area contributed by atoms with Crippen molar-refractivity contribution in [3.05, 3.63) is 71.0 Å². The van der Waals surface area contributed by atoms with Gasteiger partial charge in [-0.15, -0.1) is 0 Å². The summed E-state index contributed by atoms with van der Waals surface area (Å²) in [4.78, 5) is 15.7. The van der Waals surface area contributed by atoms with Gasteiger partial charge >= 0.3 is 0 Å². The van der Waals surface area contributed by atoms with E-state index in [9.17, 15) is 13.6 Å². The van der Waals surface area contributed by atoms with Gasteiger partial charge in [0.25, 0.3) is 0 Å². The van der Waals surface area contributed by atoms with Crippen LogP contribution in [0.2, 0.25) is 0 Å². The van der Waals surface area contributed by atoms with Crippen molar-refractivity contribution in [1.29, 1.82) is 0 Å². The standard InChI is InChI=1S/C15H8F2N2OS/c16-11-6-10(9-4-2-1-3-5-9)7-12(17)13(11)14(20)15-18-8-21-19-15/h1-8H. The van der Waals surface area contributed by atoms with Gasteiger partial charge in [-0.2, -0.15) is 4.37 Å². The van der Waals surface area contributed by atoms with Crippen LogP contribution < -0.4 is 0 Å². The Bertz CT molecular complexity index is 766. The second kappa shape index (κ2) is 5.49. The van der Waals surface area contributed by atoms with Crippen LogP contribution >= 0.6 is 11.5 Å². The van der Waals surface area contributed by atoms with E-state index in [1.54, 1.807) is 24.3 Å². The van der Waals surface area contributed by atoms with Gasteiger partial charge in [-0.3, -0.25) is 4.79 Å². The highest BCUT2D eigenvalue weighted by atomic mass is 32.1. The van der Waals surface area contributed by atoms with Gasteiger partial charge < -0.3 is 0 Å². The highest BCUT2D eigenvalue weighted by Gasteiger charge is 2.22. The lowest BCUT2D eigenvalue weighted by Gasteiger charge is -2.06. The molecule has 2 aromatic carbocycles. The third-order valence-electron chi connectivity index (χ3n) is 2.94. The van der Waals surface area contributed by atoms with Crippen LogP contribution in [0, 0.1) is 11.6 Å². The molecule has 0 radical (unpaired) electrons. The molecule has 0 fully saturated rings. The molecule has 1 heterocycles. The van der Waals surface area contributed by atoms with Gasteiger partial charge in [0.15, 0.2) is 0 Å². The number of hydrogen-bond donors (Lipinski definition) is 0. The third-order valence-corrected chi connectivity index (χ3v) is 3.42. The molecular formula is C15H8F2N2OS. The fraction of sp³-hybridized carbons (Fsp3) is 0. The molecule has 0 aliphatic heterocycles. The second-order valence-electron chi connectivity index (χ2n) is 4.26. The number of benzene rings is 2. The van der Waals surface area contributed by atoms with Crippen molar-refractivity contribution >= 4 is 17.3 Å². The molecule has 0 atom stereocenters. The molecule has 21 heavy (non-hydrogen) atoms. The molecule has 0 aliphatic rings. The van der Waals surface area contributed by atoms with Crippen LogP contribution in [-0.2, 0) is 0 Å². The Hall–Kier alpha value is -2.47. The van der Waals surface area contributed by atoms with Gasteiger partial charge in [0.05, 0.1) is 5.56 Å². The van der Waals surface area contributed by atoms with E-state index in [1.807, 2.05) is 6.07 Å². The first-order valence-corrected chi connectivity index (χ1v) is 6.86. The maximum Gasteiger partial charge on any atom is 0.237 e. The van der Waals surface area contributed by atoms with Crippen molar-refractivity contribution in [2.45, 2.75) is 0 Å². The molecule has 1 aromatic heterocycles. The molecular weight excluding hydrogens is 294 g/mol. The Kier molecular flexibility index (Phi) is 3.53. The molecule has 3 aromatic rings. The summed E-state index contributed by atoms with van der Waals surface area (Å²) < 4.78 is 32.0. The highest BCUT2D eigenvalue weighted by Crippen LogP contribution is 2.25. The normalized spacial score (nSPS) is 10.6. The molecule has 3 nitrogen and oxygen atoms in total. The number of nitrogens with zero attached hydrogens (tertiary/aromatic N) is 2. The topological polar surface area (TPSA) is 42.9 Å². The number of carbonyl (C=O) groups is 1. The monoisotopic (exact) mass is 302 g/mol. The van der Waals surface area contributed by atoms with Crippen LogP contribution in [0.1, 0.15) is 16.2 Å². The van der Waals surface area contributed by atoms with E-state index in [1.165, 1.54) is 5.51 Å². The second-order valence-corrected chi connectivity index (χ2v) is 4.87. The first-order chi connectivity index (χ1) is 10.2. The predicted octanol–water partition coefficient (Wildman–Crippen LogP) is 3.71. The molecule has 0 amide bonds. The van der Waals surface area contributed by atoms with Crippen molar-refractivity contribution in [2.75, 3.05) is 0 Å². The van der Waals surface area contributed by atoms with Gasteiger partial charge in [-0.05, 0) is 34.8 Å². The molecule has 0 bridgehead atoms. The zero-order valence-corrected chi connectivity index (χ0v) is 11.4. The summed E-state index contributed by atoms with van der Waals surface area (Å²) in [7, 11) is 0. The van der Waals surface area contributed by atoms with Crippen LogP contribution in [0.15, 0.2) is 48.0 Å². The smallest absolute Gasteiger partial charge is 0.237 e. The van der Waals surface area contributed by atoms with Gasteiger partial charge in [-0.1, -0.05) is 30.3 Å². The molecule has 104 valence electrons. The molecule has 3 rings (SSSR count). The summed E-state index contributed by atoms with van der Waals surface area (Å²) in [5.74, 6) is -2.90. The molecule has 0 saturated heterocycles. The number of rotatable bonds is 3. The molecule has 0 saturated carbocycles. The first kappa shape index (κ1) is 13.5. The lowest BCUT2D eigenvalue weighted by atomic mass is 10.0. The number of ketones is 1. The maximum absolute atomic E-state index is 14.1. The summed E-state index contributed by atoms with van der Waals surface area (Å²) in [5, 5.41) is 0. The Labute approximate surface area is 123 Å². The lowest BCUT2D eigenvalue weighted by Crippen LogP contribution is -2.09. The minimum atomic E-state index is -0.923. The Morgan fingerprint density at radius 1 is 1.00 bits per heavy atom. The molecule has 6 heteroatoms. The van der Waals surface area contributed by atoms with E-state index in [-0.39, 0.29) is 5.82 Å². The minimum absolute atomic E-state index is 0.203. The predicted molar refractivity (Wildman–Crippen MR) is 75.1 cm³/mol. The average molecular weight is 302 g/mol. The van der Waals surface area contributed by atoms with Gasteiger partial charge in [0, 0.05) is 0 Å². The van der Waals surface area contributed by atoms with E-state index in [2.05, 4.69) is 9.36 Å². The Balaban J connectivity index is 2.07. The van der Waals surface area contributed by atoms with E-state index >= 15 is 0 Å². The van der Waals surface area contributed by atoms with Crippen LogP contribution in [-0.4, -0.2) is 15.1 Å². The third kappa shape index (κ3) is 2.57. The lowest BCUT2D eigenvalue weighted by molar-refractivity contribution is 0.102. The zero-order valence-electron chi connectivity index (χ0n) is 10.6. The summed E-state index contributed by atoms with van der Waals surface area (Å²) in [6.07, 6.45) is 0. The van der Waals surface area contributed by atoms with Crippen molar-refractivity contribution < 1.29 is 13.6 Å². The van der Waals surface area contributed by atoms with E-state index < -0.39 is 23.0 Å². The summed E-state index contributed by atoms with van der Waals surface area (Å²) in [6, 6.07) is 11.1. The largest absolute Gasteiger partial charge is 0.285 e. The van der Waals surface area contributed by atoms with Gasteiger partial charge in [0.1, 0.15) is 17.1 Å². The van der Waals surface area contributed by atoms with Crippen LogP contribution in [0.3, 0.4) is 0 Å². The summed E-state index contributed by atoms with van der Waals surface area (Å²) >= 11 is 0.947. The number of carbonyl (C=O) groups excluding carboxylic acids is 1. The fourth-order valence-electron chi connectivity index (χ4n) is 1.97. The molecule has 0 unspecified atom stereocenters. The van der Waals surface area contributed by atoms with Crippen molar-refractivity contribution in [3.63, 3.8) is 0 Å². The Morgan fingerprint density at radius 3 is 2.24 bits per heavy atom. The molecule has 0 aliphatic carbocycles. The van der Waals surface area contributed by atoms with Gasteiger partial charge in [-0.25, -0.2) is 13.8 Å². The first-order valence-electron chi connectivity index (χ1n) is 6.02. The van der Waals surface area contributed by atoms with Crippen LogP contribution in [0.25, 0.3) is 11.1 Å². The zero-order chi connectivity index (χ0) is 14.8. The number of aromatic nitrogens is 2. The van der Waals surface area contributed by atoms with E-state index in [4.69, 9.17) is 0 Å². The average Bonchev–Trinajstić information content (AvgIpc) is 3.01. The van der Waals surface area contributed by atoms with E-state index in [0.29, 0.717) is 11.1 Å². The number of halogens is 2. The van der Waals surface area contributed by atoms with Crippen molar-refractivity contribution in [2.24, 2.45) is 0 Å². The van der Waals surface area contributed by atoms with Crippen molar-refractivity contribution in [3.8, 4) is 11.1 Å². The fourth-order valence-corrected chi connectivity index (χ4v) is 2.39. The Morgan fingerprint density at radius 2 is 1.67 bits per heavy atom. The molecule has 0 N–H and O–H groups in total. The van der Waals surface area contributed by atoms with E-state index in [0.717, 1.165) is 23.7 Å².